The summed E-state index contributed by atoms with van der Waals surface area (Å²) in [6.45, 7) is 4.69. The van der Waals surface area contributed by atoms with Gasteiger partial charge < -0.3 is 14.4 Å². The van der Waals surface area contributed by atoms with Crippen molar-refractivity contribution >= 4 is 15.9 Å². The normalized spacial score (nSPS) is 16.8. The minimum Gasteiger partial charge on any atom is -0.490 e. The van der Waals surface area contributed by atoms with Crippen molar-refractivity contribution < 1.29 is 22.7 Å². The van der Waals surface area contributed by atoms with E-state index in [-0.39, 0.29) is 23.8 Å². The third-order valence-corrected chi connectivity index (χ3v) is 8.05. The van der Waals surface area contributed by atoms with Gasteiger partial charge in [0.25, 0.3) is 0 Å². The van der Waals surface area contributed by atoms with Crippen LogP contribution in [-0.4, -0.2) is 52.1 Å². The maximum Gasteiger partial charge on any atom is 0.240 e. The molecule has 0 aromatic heterocycles. The average molecular weight is 487 g/mol. The van der Waals surface area contributed by atoms with Crippen LogP contribution in [0.5, 0.6) is 11.5 Å². The van der Waals surface area contributed by atoms with Crippen LogP contribution in [-0.2, 0) is 21.2 Å². The average Bonchev–Trinajstić information content (AvgIpc) is 3.09. The molecule has 34 heavy (non-hydrogen) atoms. The fraction of sp³-hybridized carbons (Fsp3) is 0.500. The van der Waals surface area contributed by atoms with E-state index in [0.29, 0.717) is 30.6 Å². The van der Waals surface area contributed by atoms with Crippen molar-refractivity contribution in [3.05, 3.63) is 53.6 Å². The smallest absolute Gasteiger partial charge is 0.240 e. The molecule has 2 aromatic carbocycles. The van der Waals surface area contributed by atoms with E-state index in [4.69, 9.17) is 9.47 Å². The first kappa shape index (κ1) is 24.5. The van der Waals surface area contributed by atoms with Crippen molar-refractivity contribution in [1.82, 2.24) is 9.62 Å². The molecular weight excluding hydrogens is 452 g/mol. The second-order valence-electron chi connectivity index (χ2n) is 9.16. The molecule has 0 aliphatic carbocycles. The second-order valence-corrected chi connectivity index (χ2v) is 10.9. The van der Waals surface area contributed by atoms with Crippen molar-refractivity contribution in [2.75, 3.05) is 32.8 Å². The lowest BCUT2D eigenvalue weighted by molar-refractivity contribution is -0.132. The number of carbonyl (C=O) groups is 1. The van der Waals surface area contributed by atoms with Crippen molar-refractivity contribution in [3.8, 4) is 11.5 Å². The largest absolute Gasteiger partial charge is 0.490 e. The second kappa shape index (κ2) is 11.2. The first-order chi connectivity index (χ1) is 16.4. The molecule has 0 radical (unpaired) electrons. The number of sulfonamides is 1. The van der Waals surface area contributed by atoms with Crippen LogP contribution in [0.4, 0.5) is 0 Å². The van der Waals surface area contributed by atoms with Gasteiger partial charge in [-0.1, -0.05) is 29.8 Å². The lowest BCUT2D eigenvalue weighted by Gasteiger charge is -2.32. The zero-order valence-corrected chi connectivity index (χ0v) is 20.6. The summed E-state index contributed by atoms with van der Waals surface area (Å²) in [7, 11) is -3.73. The fourth-order valence-corrected chi connectivity index (χ4v) is 5.49. The molecular formula is C26H34N2O5S. The number of rotatable bonds is 8. The van der Waals surface area contributed by atoms with Crippen molar-refractivity contribution in [2.45, 2.75) is 50.3 Å². The van der Waals surface area contributed by atoms with Gasteiger partial charge in [-0.15, -0.1) is 0 Å². The quantitative estimate of drug-likeness (QED) is 0.615. The van der Waals surface area contributed by atoms with Crippen LogP contribution in [0.3, 0.4) is 0 Å². The molecule has 8 heteroatoms. The maximum absolute atomic E-state index is 12.7. The summed E-state index contributed by atoms with van der Waals surface area (Å²) in [6, 6.07) is 13.3. The van der Waals surface area contributed by atoms with E-state index < -0.39 is 10.0 Å². The van der Waals surface area contributed by atoms with Gasteiger partial charge in [0.15, 0.2) is 11.5 Å². The molecule has 1 fully saturated rings. The molecule has 0 atom stereocenters. The number of hydrogen-bond acceptors (Lipinski definition) is 5. The zero-order valence-electron chi connectivity index (χ0n) is 19.8. The van der Waals surface area contributed by atoms with E-state index in [1.807, 2.05) is 4.90 Å². The number of nitrogens with zero attached hydrogens (tertiary/aromatic N) is 1. The highest BCUT2D eigenvalue weighted by molar-refractivity contribution is 7.89. The number of piperidine rings is 1. The summed E-state index contributed by atoms with van der Waals surface area (Å²) >= 11 is 0. The van der Waals surface area contributed by atoms with Crippen LogP contribution < -0.4 is 14.2 Å². The van der Waals surface area contributed by atoms with Crippen LogP contribution in [0.2, 0.25) is 0 Å². The molecule has 1 N–H and O–H groups in total. The number of hydrogen-bond donors (Lipinski definition) is 1. The summed E-state index contributed by atoms with van der Waals surface area (Å²) in [6.07, 6.45) is 5.11. The Bertz CT molecular complexity index is 1080. The Morgan fingerprint density at radius 3 is 2.47 bits per heavy atom. The third-order valence-electron chi connectivity index (χ3n) is 6.59. The van der Waals surface area contributed by atoms with Crippen LogP contribution in [0.25, 0.3) is 0 Å². The maximum atomic E-state index is 12.7. The van der Waals surface area contributed by atoms with E-state index in [0.717, 1.165) is 45.2 Å². The van der Waals surface area contributed by atoms with Crippen LogP contribution in [0.1, 0.15) is 43.2 Å². The highest BCUT2D eigenvalue weighted by atomic mass is 32.2. The SMILES string of the molecule is Cc1ccc(CCC2CCN(C(=O)CCNS(=O)(=O)c3ccc4c(c3)OCCCO4)CC2)cc1. The lowest BCUT2D eigenvalue weighted by atomic mass is 9.90. The van der Waals surface area contributed by atoms with Gasteiger partial charge in [0.2, 0.25) is 15.9 Å². The predicted molar refractivity (Wildman–Crippen MR) is 131 cm³/mol. The van der Waals surface area contributed by atoms with Crippen LogP contribution in [0.15, 0.2) is 47.4 Å². The van der Waals surface area contributed by atoms with Gasteiger partial charge in [-0.05, 0) is 56.2 Å². The number of fused-ring (bicyclic) bond motifs is 1. The molecule has 2 aromatic rings. The monoisotopic (exact) mass is 486 g/mol. The number of ether oxygens (including phenoxy) is 2. The number of aryl methyl sites for hydroxylation is 2. The molecule has 0 unspecified atom stereocenters. The van der Waals surface area contributed by atoms with Gasteiger partial charge >= 0.3 is 0 Å². The van der Waals surface area contributed by atoms with Gasteiger partial charge in [-0.25, -0.2) is 13.1 Å². The number of amides is 1. The highest BCUT2D eigenvalue weighted by Crippen LogP contribution is 2.31. The summed E-state index contributed by atoms with van der Waals surface area (Å²) < 4.78 is 39.0. The molecule has 4 rings (SSSR count). The first-order valence-electron chi connectivity index (χ1n) is 12.1. The Labute approximate surface area is 202 Å². The lowest BCUT2D eigenvalue weighted by Crippen LogP contribution is -2.40. The van der Waals surface area contributed by atoms with Gasteiger partial charge in [0.1, 0.15) is 0 Å². The zero-order chi connectivity index (χ0) is 24.0. The van der Waals surface area contributed by atoms with Crippen LogP contribution in [0, 0.1) is 12.8 Å². The molecule has 7 nitrogen and oxygen atoms in total. The molecule has 0 spiro atoms. The summed E-state index contributed by atoms with van der Waals surface area (Å²) in [5.74, 6) is 1.61. The van der Waals surface area contributed by atoms with Crippen molar-refractivity contribution in [3.63, 3.8) is 0 Å². The Kier molecular flexibility index (Phi) is 8.11. The van der Waals surface area contributed by atoms with Crippen molar-refractivity contribution in [1.29, 1.82) is 0 Å². The molecule has 0 saturated carbocycles. The van der Waals surface area contributed by atoms with Gasteiger partial charge in [0, 0.05) is 38.5 Å². The Morgan fingerprint density at radius 2 is 1.74 bits per heavy atom. The first-order valence-corrected chi connectivity index (χ1v) is 13.6. The summed E-state index contributed by atoms with van der Waals surface area (Å²) in [4.78, 5) is 14.6. The Balaban J connectivity index is 1.20. The molecule has 1 amide bonds. The molecule has 2 aliphatic rings. The topological polar surface area (TPSA) is 84.9 Å². The summed E-state index contributed by atoms with van der Waals surface area (Å²) in [5, 5.41) is 0. The molecule has 0 bridgehead atoms. The number of benzene rings is 2. The summed E-state index contributed by atoms with van der Waals surface area (Å²) in [5.41, 5.74) is 2.64. The fourth-order valence-electron chi connectivity index (χ4n) is 4.44. The molecule has 2 heterocycles. The van der Waals surface area contributed by atoms with Gasteiger partial charge in [-0.2, -0.15) is 0 Å². The van der Waals surface area contributed by atoms with E-state index in [1.54, 1.807) is 6.07 Å². The number of carbonyl (C=O) groups excluding carboxylic acids is 1. The molecule has 1 saturated heterocycles. The number of likely N-dealkylation sites (tertiary alicyclic amines) is 1. The Hall–Kier alpha value is -2.58. The standard InChI is InChI=1S/C26H34N2O5S/c1-20-3-5-21(6-4-20)7-8-22-12-15-28(16-13-22)26(29)11-14-27-34(30,31)23-9-10-24-25(19-23)33-18-2-17-32-24/h3-6,9-10,19,22,27H,2,7-8,11-18H2,1H3. The Morgan fingerprint density at radius 1 is 1.03 bits per heavy atom. The number of nitrogens with one attached hydrogen (secondary N) is 1. The predicted octanol–water partition coefficient (Wildman–Crippen LogP) is 3.70. The minimum atomic E-state index is -3.73. The third kappa shape index (κ3) is 6.51. The van der Waals surface area contributed by atoms with E-state index in [1.165, 1.54) is 23.3 Å². The van der Waals surface area contributed by atoms with Gasteiger partial charge in [0.05, 0.1) is 18.1 Å². The highest BCUT2D eigenvalue weighted by Gasteiger charge is 2.23. The minimum absolute atomic E-state index is 0.00153. The molecule has 184 valence electrons. The van der Waals surface area contributed by atoms with E-state index in [2.05, 4.69) is 35.9 Å². The van der Waals surface area contributed by atoms with Crippen LogP contribution >= 0.6 is 0 Å². The van der Waals surface area contributed by atoms with Gasteiger partial charge in [-0.3, -0.25) is 4.79 Å². The van der Waals surface area contributed by atoms with Crippen molar-refractivity contribution in [2.24, 2.45) is 5.92 Å². The van der Waals surface area contributed by atoms with E-state index >= 15 is 0 Å². The molecule has 2 aliphatic heterocycles. The van der Waals surface area contributed by atoms with E-state index in [9.17, 15) is 13.2 Å².